The van der Waals surface area contributed by atoms with E-state index in [1.54, 1.807) is 0 Å². The number of fused-ring (bicyclic) bond motifs is 1. The lowest BCUT2D eigenvalue weighted by atomic mass is 10.3. The van der Waals surface area contributed by atoms with Crippen LogP contribution in [0.3, 0.4) is 0 Å². The van der Waals surface area contributed by atoms with Gasteiger partial charge < -0.3 is 0 Å². The van der Waals surface area contributed by atoms with Gasteiger partial charge in [0, 0.05) is 28.2 Å². The van der Waals surface area contributed by atoms with Gasteiger partial charge in [-0.05, 0) is 18.2 Å². The fourth-order valence-corrected chi connectivity index (χ4v) is 3.54. The van der Waals surface area contributed by atoms with Crippen molar-refractivity contribution >= 4 is 22.6 Å². The molecule has 1 aliphatic carbocycles. The summed E-state index contributed by atoms with van der Waals surface area (Å²) < 4.78 is 0. The molecule has 3 rings (SSSR count). The molecule has 1 atom stereocenters. The number of benzene rings is 1. The Morgan fingerprint density at radius 1 is 0.929 bits per heavy atom. The molecule has 1 aliphatic rings. The molecule has 0 N–H and O–H groups in total. The maximum absolute atomic E-state index is 3.16. The Morgan fingerprint density at radius 3 is 2.64 bits per heavy atom. The van der Waals surface area contributed by atoms with E-state index in [-0.39, 0.29) is 10.5 Å². The number of rotatable bonds is 1. The molecule has 0 amide bonds. The summed E-state index contributed by atoms with van der Waals surface area (Å²) in [6.07, 6.45) is 4.16. The van der Waals surface area contributed by atoms with Gasteiger partial charge in [-0.3, -0.25) is 0 Å². The standard InChI is InChI=1S/C13H9S/c1-2-6-12(7-3-1)14-10-9-11-5-4-8-13(11)14/h1-3,5-10H/q+1. The summed E-state index contributed by atoms with van der Waals surface area (Å²) in [5.74, 6) is 0. The summed E-state index contributed by atoms with van der Waals surface area (Å²) in [6, 6.07) is 12.8. The molecular formula is C13H9S+. The highest BCUT2D eigenvalue weighted by Gasteiger charge is 2.19. The van der Waals surface area contributed by atoms with Crippen LogP contribution in [0.4, 0.5) is 0 Å². The molecule has 66 valence electrons. The van der Waals surface area contributed by atoms with Crippen LogP contribution in [0.5, 0.6) is 0 Å². The first-order chi connectivity index (χ1) is 6.95. The third kappa shape index (κ3) is 1.07. The van der Waals surface area contributed by atoms with Gasteiger partial charge in [0.25, 0.3) is 0 Å². The predicted octanol–water partition coefficient (Wildman–Crippen LogP) is 4.06. The van der Waals surface area contributed by atoms with E-state index >= 15 is 0 Å². The van der Waals surface area contributed by atoms with Crippen LogP contribution in [0.15, 0.2) is 47.5 Å². The largest absolute Gasteiger partial charge is 0.194 e. The van der Waals surface area contributed by atoms with Crippen LogP contribution in [-0.4, -0.2) is 0 Å². The lowest BCUT2D eigenvalue weighted by Crippen LogP contribution is -1.69. The van der Waals surface area contributed by atoms with Crippen molar-refractivity contribution in [1.29, 1.82) is 0 Å². The van der Waals surface area contributed by atoms with Gasteiger partial charge in [-0.15, -0.1) is 5.73 Å². The predicted molar refractivity (Wildman–Crippen MR) is 62.7 cm³/mol. The first-order valence-corrected chi connectivity index (χ1v) is 5.87. The molecule has 0 aliphatic heterocycles. The highest BCUT2D eigenvalue weighted by atomic mass is 32.2. The fourth-order valence-electron chi connectivity index (χ4n) is 1.67. The van der Waals surface area contributed by atoms with E-state index in [0.29, 0.717) is 0 Å². The van der Waals surface area contributed by atoms with Gasteiger partial charge in [0.05, 0.1) is 0 Å². The monoisotopic (exact) mass is 197 g/mol. The quantitative estimate of drug-likeness (QED) is 0.407. The second-order valence-corrected chi connectivity index (χ2v) is 5.09. The molecule has 2 aromatic rings. The summed E-state index contributed by atoms with van der Waals surface area (Å²) in [6.45, 7) is 0. The van der Waals surface area contributed by atoms with Gasteiger partial charge in [0.15, 0.2) is 9.77 Å². The maximum atomic E-state index is 3.16. The van der Waals surface area contributed by atoms with Crippen molar-refractivity contribution in [3.63, 3.8) is 0 Å². The molecule has 1 aromatic carbocycles. The van der Waals surface area contributed by atoms with Crippen LogP contribution in [0.25, 0.3) is 17.0 Å². The molecule has 0 spiro atoms. The Morgan fingerprint density at radius 2 is 1.79 bits per heavy atom. The van der Waals surface area contributed by atoms with Gasteiger partial charge in [-0.2, -0.15) is 0 Å². The molecule has 1 heterocycles. The Kier molecular flexibility index (Phi) is 1.66. The van der Waals surface area contributed by atoms with Crippen molar-refractivity contribution in [2.24, 2.45) is 0 Å². The maximum Gasteiger partial charge on any atom is 0.194 e. The van der Waals surface area contributed by atoms with Crippen LogP contribution in [-0.2, 0) is 0 Å². The average Bonchev–Trinajstić information content (AvgIpc) is 2.79. The minimum absolute atomic E-state index is 0.154. The molecule has 0 radical (unpaired) electrons. The zero-order valence-corrected chi connectivity index (χ0v) is 8.42. The van der Waals surface area contributed by atoms with Crippen molar-refractivity contribution in [2.45, 2.75) is 0 Å². The fraction of sp³-hybridized carbons (Fsp3) is 0. The third-order valence-electron chi connectivity index (χ3n) is 2.36. The van der Waals surface area contributed by atoms with Crippen LogP contribution in [0.1, 0.15) is 10.4 Å². The lowest BCUT2D eigenvalue weighted by Gasteiger charge is -1.89. The van der Waals surface area contributed by atoms with E-state index in [1.807, 2.05) is 0 Å². The number of hydrogen-bond acceptors (Lipinski definition) is 0. The Hall–Kier alpha value is -1.56. The van der Waals surface area contributed by atoms with E-state index in [1.165, 1.54) is 15.3 Å². The van der Waals surface area contributed by atoms with Gasteiger partial charge in [0.1, 0.15) is 5.38 Å². The Labute approximate surface area is 85.8 Å². The van der Waals surface area contributed by atoms with Gasteiger partial charge in [0.2, 0.25) is 0 Å². The zero-order chi connectivity index (χ0) is 9.38. The van der Waals surface area contributed by atoms with E-state index in [9.17, 15) is 0 Å². The van der Waals surface area contributed by atoms with Crippen molar-refractivity contribution < 1.29 is 0 Å². The van der Waals surface area contributed by atoms with Crippen LogP contribution in [0.2, 0.25) is 0 Å². The van der Waals surface area contributed by atoms with E-state index < -0.39 is 0 Å². The summed E-state index contributed by atoms with van der Waals surface area (Å²) in [7, 11) is 0.154. The molecule has 1 heteroatoms. The molecular weight excluding hydrogens is 188 g/mol. The Balaban J connectivity index is 2.19. The highest BCUT2D eigenvalue weighted by Crippen LogP contribution is 2.40. The van der Waals surface area contributed by atoms with E-state index in [4.69, 9.17) is 0 Å². The van der Waals surface area contributed by atoms with Crippen LogP contribution in [0, 0.1) is 0 Å². The van der Waals surface area contributed by atoms with Crippen molar-refractivity contribution in [3.05, 3.63) is 58.0 Å². The number of thiophene rings is 1. The van der Waals surface area contributed by atoms with Crippen molar-refractivity contribution in [2.75, 3.05) is 0 Å². The lowest BCUT2D eigenvalue weighted by molar-refractivity contribution is 1.76. The minimum Gasteiger partial charge on any atom is -0.114 e. The minimum atomic E-state index is 0.154. The SMILES string of the molecule is C1=Cc2cc[s+](-c3ccccc3)c2C=1. The summed E-state index contributed by atoms with van der Waals surface area (Å²) in [5, 5.41) is 2.29. The van der Waals surface area contributed by atoms with Crippen LogP contribution < -0.4 is 0 Å². The zero-order valence-electron chi connectivity index (χ0n) is 7.60. The molecule has 0 saturated heterocycles. The van der Waals surface area contributed by atoms with E-state index in [2.05, 4.69) is 59.7 Å². The highest BCUT2D eigenvalue weighted by molar-refractivity contribution is 7.39. The molecule has 0 saturated carbocycles. The third-order valence-corrected chi connectivity index (χ3v) is 4.37. The van der Waals surface area contributed by atoms with Crippen molar-refractivity contribution in [1.82, 2.24) is 0 Å². The van der Waals surface area contributed by atoms with Crippen molar-refractivity contribution in [3.8, 4) is 4.90 Å². The normalized spacial score (nSPS) is 13.3. The van der Waals surface area contributed by atoms with Gasteiger partial charge >= 0.3 is 0 Å². The second kappa shape index (κ2) is 2.98. The molecule has 1 aromatic heterocycles. The molecule has 14 heavy (non-hydrogen) atoms. The first-order valence-electron chi connectivity index (χ1n) is 4.58. The van der Waals surface area contributed by atoms with E-state index in [0.717, 1.165) is 0 Å². The smallest absolute Gasteiger partial charge is 0.114 e. The molecule has 1 unspecified atom stereocenters. The van der Waals surface area contributed by atoms with Crippen LogP contribution >= 0.6 is 10.5 Å². The average molecular weight is 197 g/mol. The second-order valence-electron chi connectivity index (χ2n) is 3.23. The Bertz CT molecular complexity index is 526. The molecule has 0 nitrogen and oxygen atoms in total. The molecule has 0 fully saturated rings. The topological polar surface area (TPSA) is 0 Å². The number of hydrogen-bond donors (Lipinski definition) is 0. The first kappa shape index (κ1) is 7.81. The van der Waals surface area contributed by atoms with Gasteiger partial charge in [-0.1, -0.05) is 18.2 Å². The van der Waals surface area contributed by atoms with Gasteiger partial charge in [-0.25, -0.2) is 0 Å². The molecule has 0 bridgehead atoms. The summed E-state index contributed by atoms with van der Waals surface area (Å²) in [5.41, 5.74) is 4.49. The summed E-state index contributed by atoms with van der Waals surface area (Å²) >= 11 is 0. The summed E-state index contributed by atoms with van der Waals surface area (Å²) in [4.78, 5) is 2.80.